The summed E-state index contributed by atoms with van der Waals surface area (Å²) in [6, 6.07) is 0. The minimum absolute atomic E-state index is 0. The Morgan fingerprint density at radius 2 is 0.650 bits per heavy atom. The third-order valence-corrected chi connectivity index (χ3v) is 7.48. The predicted molar refractivity (Wildman–Crippen MR) is 59.1 cm³/mol. The van der Waals surface area contributed by atoms with Crippen LogP contribution in [-0.2, 0) is 57.6 Å². The summed E-state index contributed by atoms with van der Waals surface area (Å²) in [7, 11) is -6.74. The molecular weight excluding hydrogens is 585 g/mol. The molecule has 0 amide bonds. The zero-order valence-corrected chi connectivity index (χ0v) is 18.5. The fraction of sp³-hybridized carbons (Fsp3) is 1.00. The van der Waals surface area contributed by atoms with Crippen molar-refractivity contribution in [2.24, 2.45) is 0 Å². The van der Waals surface area contributed by atoms with Crippen molar-refractivity contribution in [3.05, 3.63) is 0 Å². The SMILES string of the molecule is C[CH](C)[Pd+2]([CH](C)C)[CH](C)C.[O-]P([O-])[O-].[O-]P([O-])[O-].[Pd+2].[Pd+2]. The molecule has 0 aromatic carbocycles. The van der Waals surface area contributed by atoms with Gasteiger partial charge in [-0.25, -0.2) is 0 Å². The number of hydrogen-bond acceptors (Lipinski definition) is 6. The van der Waals surface area contributed by atoms with Crippen LogP contribution in [0.5, 0.6) is 0 Å². The first-order valence-corrected chi connectivity index (χ1v) is 9.99. The molecule has 0 saturated heterocycles. The van der Waals surface area contributed by atoms with E-state index in [1.54, 1.807) is 0 Å². The Morgan fingerprint density at radius 3 is 0.650 bits per heavy atom. The van der Waals surface area contributed by atoms with Crippen LogP contribution >= 0.6 is 17.2 Å². The summed E-state index contributed by atoms with van der Waals surface area (Å²) >= 11 is -0.239. The Balaban J connectivity index is -0.0000000637. The van der Waals surface area contributed by atoms with Gasteiger partial charge in [-0.05, 0) is 0 Å². The van der Waals surface area contributed by atoms with Crippen LogP contribution in [0.1, 0.15) is 41.5 Å². The zero-order valence-electron chi connectivity index (χ0n) is 12.0. The normalized spacial score (nSPS) is 10.3. The Bertz CT molecular complexity index is 145. The fourth-order valence-electron chi connectivity index (χ4n) is 1.26. The number of hydrogen-bond donors (Lipinski definition) is 0. The standard InChI is InChI=1S/3C3H7.2O3P.3Pd/c3*1-3-2;2*1-4(2)3;;;/h3*3H,1-2H3;;;;;/q;;;2*-3;3*+2. The van der Waals surface area contributed by atoms with Crippen molar-refractivity contribution < 1.29 is 87.0 Å². The molecule has 0 saturated carbocycles. The molecule has 0 aliphatic carbocycles. The van der Waals surface area contributed by atoms with E-state index in [-0.39, 0.29) is 57.6 Å². The van der Waals surface area contributed by atoms with Crippen LogP contribution < -0.4 is 29.4 Å². The van der Waals surface area contributed by atoms with Crippen molar-refractivity contribution in [2.75, 3.05) is 0 Å². The van der Waals surface area contributed by atoms with Gasteiger partial charge in [0.05, 0.1) is 0 Å². The summed E-state index contributed by atoms with van der Waals surface area (Å²) in [6.45, 7) is 14.3. The van der Waals surface area contributed by atoms with Gasteiger partial charge in [-0.2, -0.15) is 0 Å². The largest absolute Gasteiger partial charge is 2.00 e. The number of rotatable bonds is 3. The van der Waals surface area contributed by atoms with Gasteiger partial charge < -0.3 is 46.6 Å². The van der Waals surface area contributed by atoms with Crippen molar-refractivity contribution in [3.63, 3.8) is 0 Å². The van der Waals surface area contributed by atoms with Crippen LogP contribution in [0, 0.1) is 0 Å². The molecule has 0 unspecified atom stereocenters. The maximum atomic E-state index is 8.48. The van der Waals surface area contributed by atoms with Crippen molar-refractivity contribution >= 4 is 17.2 Å². The molecule has 0 radical (unpaired) electrons. The molecule has 11 heteroatoms. The summed E-state index contributed by atoms with van der Waals surface area (Å²) in [5.74, 6) is 0. The van der Waals surface area contributed by atoms with Crippen molar-refractivity contribution in [3.8, 4) is 0 Å². The van der Waals surface area contributed by atoms with Crippen LogP contribution in [0.15, 0.2) is 0 Å². The monoisotopic (exact) mass is 605 g/mol. The topological polar surface area (TPSA) is 138 Å². The molecule has 0 bridgehead atoms. The molecule has 0 fully saturated rings. The molecule has 0 aromatic heterocycles. The van der Waals surface area contributed by atoms with Crippen molar-refractivity contribution in [1.82, 2.24) is 0 Å². The van der Waals surface area contributed by atoms with Gasteiger partial charge in [0.15, 0.2) is 0 Å². The second kappa shape index (κ2) is 21.6. The third-order valence-electron chi connectivity index (χ3n) is 1.26. The van der Waals surface area contributed by atoms with Gasteiger partial charge in [0.25, 0.3) is 0 Å². The van der Waals surface area contributed by atoms with Gasteiger partial charge >= 0.3 is 112 Å². The van der Waals surface area contributed by atoms with E-state index in [4.69, 9.17) is 29.4 Å². The van der Waals surface area contributed by atoms with E-state index >= 15 is 0 Å². The maximum absolute atomic E-state index is 8.48. The Hall–Kier alpha value is 2.61. The van der Waals surface area contributed by atoms with Crippen molar-refractivity contribution in [1.29, 1.82) is 0 Å². The van der Waals surface area contributed by atoms with E-state index in [0.29, 0.717) is 0 Å². The first-order chi connectivity index (χ1) is 7.93. The molecule has 0 spiro atoms. The molecule has 133 valence electrons. The summed E-state index contributed by atoms with van der Waals surface area (Å²) in [6.07, 6.45) is 0. The average molecular weight is 606 g/mol. The van der Waals surface area contributed by atoms with Crippen molar-refractivity contribution in [2.45, 2.75) is 54.7 Å². The van der Waals surface area contributed by atoms with E-state index < -0.39 is 17.2 Å². The van der Waals surface area contributed by atoms with Gasteiger partial charge in [-0.1, -0.05) is 0 Å². The van der Waals surface area contributed by atoms with Crippen LogP contribution in [0.25, 0.3) is 0 Å². The van der Waals surface area contributed by atoms with E-state index in [2.05, 4.69) is 41.5 Å². The Kier molecular flexibility index (Phi) is 36.8. The van der Waals surface area contributed by atoms with E-state index in [1.165, 1.54) is 0 Å². The maximum Gasteiger partial charge on any atom is 2.00 e. The first-order valence-electron chi connectivity index (χ1n) is 5.11. The molecule has 0 N–H and O–H groups in total. The van der Waals surface area contributed by atoms with Crippen LogP contribution in [-0.4, -0.2) is 0 Å². The quantitative estimate of drug-likeness (QED) is 0.289. The predicted octanol–water partition coefficient (Wildman–Crippen LogP) is -1.33. The average Bonchev–Trinajstić information content (AvgIpc) is 1.96. The molecule has 6 nitrogen and oxygen atoms in total. The second-order valence-electron chi connectivity index (χ2n) is 3.59. The molecule has 0 rings (SSSR count). The first kappa shape index (κ1) is 34.0. The van der Waals surface area contributed by atoms with E-state index in [0.717, 1.165) is 13.2 Å². The minimum Gasteiger partial charge on any atom is -0.854 e. The van der Waals surface area contributed by atoms with Crippen LogP contribution in [0.4, 0.5) is 0 Å². The van der Waals surface area contributed by atoms with Gasteiger partial charge in [0.2, 0.25) is 0 Å². The third kappa shape index (κ3) is 37.1. The summed E-state index contributed by atoms with van der Waals surface area (Å²) in [4.78, 5) is 50.9. The smallest absolute Gasteiger partial charge is 0.854 e. The Morgan fingerprint density at radius 1 is 0.550 bits per heavy atom. The van der Waals surface area contributed by atoms with Gasteiger partial charge in [0, 0.05) is 0 Å². The molecular formula is C9H21O6P2Pd3. The molecule has 20 heavy (non-hydrogen) atoms. The van der Waals surface area contributed by atoms with Gasteiger partial charge in [0.1, 0.15) is 0 Å². The Labute approximate surface area is 158 Å². The van der Waals surface area contributed by atoms with Gasteiger partial charge in [-0.3, -0.25) is 0 Å². The fourth-order valence-corrected chi connectivity index (χ4v) is 7.48. The second-order valence-corrected chi connectivity index (χ2v) is 11.4. The molecule has 0 heterocycles. The van der Waals surface area contributed by atoms with Gasteiger partial charge in [-0.15, -0.1) is 0 Å². The van der Waals surface area contributed by atoms with Crippen LogP contribution in [0.3, 0.4) is 0 Å². The molecule has 0 atom stereocenters. The summed E-state index contributed by atoms with van der Waals surface area (Å²) in [5.41, 5.74) is 0. The van der Waals surface area contributed by atoms with E-state index in [9.17, 15) is 0 Å². The molecule has 0 aromatic rings. The molecule has 0 aliphatic heterocycles. The molecule has 0 aliphatic rings. The van der Waals surface area contributed by atoms with E-state index in [1.807, 2.05) is 0 Å². The van der Waals surface area contributed by atoms with Crippen LogP contribution in [0.2, 0.25) is 13.2 Å². The summed E-state index contributed by atoms with van der Waals surface area (Å²) < 4.78 is 2.85. The summed E-state index contributed by atoms with van der Waals surface area (Å²) in [5, 5.41) is 0. The minimum atomic E-state index is -3.37. The zero-order chi connectivity index (χ0) is 15.5.